The van der Waals surface area contributed by atoms with Crippen molar-refractivity contribution in [3.05, 3.63) is 29.8 Å². The molecule has 96 valence electrons. The average molecular weight is 253 g/mol. The minimum atomic E-state index is -2.84. The van der Waals surface area contributed by atoms with Crippen molar-refractivity contribution >= 4 is 5.82 Å². The van der Waals surface area contributed by atoms with E-state index in [0.717, 1.165) is 11.3 Å². The number of ether oxygens (including phenoxy) is 1. The molecular weight excluding hydrogens is 240 g/mol. The molecule has 0 saturated carbocycles. The number of alkyl halides is 2. The Labute approximate surface area is 103 Å². The number of nitrogen functional groups attached to an aromatic ring is 1. The van der Waals surface area contributed by atoms with Crippen molar-refractivity contribution in [1.29, 1.82) is 0 Å². The molecule has 18 heavy (non-hydrogen) atoms. The first kappa shape index (κ1) is 12.3. The standard InChI is InChI=1S/C12H13F2N3O/c1-2-9-10(16-17-11(9)15)7-4-3-5-8(6-7)18-12(13)14/h3-6,12H,2H2,1H3,(H3,15,16,17). The predicted octanol–water partition coefficient (Wildman–Crippen LogP) is 2.82. The average Bonchev–Trinajstić information content (AvgIpc) is 2.70. The summed E-state index contributed by atoms with van der Waals surface area (Å²) >= 11 is 0. The number of aromatic amines is 1. The predicted molar refractivity (Wildman–Crippen MR) is 64.4 cm³/mol. The monoisotopic (exact) mass is 253 g/mol. The van der Waals surface area contributed by atoms with Gasteiger partial charge in [-0.1, -0.05) is 19.1 Å². The van der Waals surface area contributed by atoms with Crippen LogP contribution in [0.1, 0.15) is 12.5 Å². The van der Waals surface area contributed by atoms with Crippen LogP contribution in [0.15, 0.2) is 24.3 Å². The van der Waals surface area contributed by atoms with Crippen LogP contribution in [0.3, 0.4) is 0 Å². The molecule has 0 aliphatic rings. The summed E-state index contributed by atoms with van der Waals surface area (Å²) in [5.74, 6) is 0.533. The summed E-state index contributed by atoms with van der Waals surface area (Å²) in [6.07, 6.45) is 0.706. The fourth-order valence-electron chi connectivity index (χ4n) is 1.80. The van der Waals surface area contributed by atoms with Gasteiger partial charge in [-0.25, -0.2) is 0 Å². The van der Waals surface area contributed by atoms with E-state index >= 15 is 0 Å². The quantitative estimate of drug-likeness (QED) is 0.880. The van der Waals surface area contributed by atoms with Crippen molar-refractivity contribution in [3.63, 3.8) is 0 Å². The highest BCUT2D eigenvalue weighted by molar-refractivity contribution is 5.69. The number of rotatable bonds is 4. The smallest absolute Gasteiger partial charge is 0.387 e. The first-order valence-electron chi connectivity index (χ1n) is 5.49. The zero-order chi connectivity index (χ0) is 13.1. The van der Waals surface area contributed by atoms with E-state index in [9.17, 15) is 8.78 Å². The van der Waals surface area contributed by atoms with E-state index in [1.807, 2.05) is 6.92 Å². The first-order chi connectivity index (χ1) is 8.61. The molecule has 4 nitrogen and oxygen atoms in total. The molecule has 2 aromatic rings. The molecular formula is C12H13F2N3O. The number of aromatic nitrogens is 2. The van der Waals surface area contributed by atoms with E-state index in [0.29, 0.717) is 17.8 Å². The van der Waals surface area contributed by atoms with Gasteiger partial charge in [0.05, 0.1) is 5.69 Å². The third-order valence-electron chi connectivity index (χ3n) is 2.60. The van der Waals surface area contributed by atoms with E-state index in [1.165, 1.54) is 12.1 Å². The van der Waals surface area contributed by atoms with E-state index in [1.54, 1.807) is 12.1 Å². The number of hydrogen-bond donors (Lipinski definition) is 2. The van der Waals surface area contributed by atoms with Crippen molar-refractivity contribution in [2.45, 2.75) is 20.0 Å². The van der Waals surface area contributed by atoms with Gasteiger partial charge in [-0.05, 0) is 18.6 Å². The van der Waals surface area contributed by atoms with Crippen LogP contribution in [0, 0.1) is 0 Å². The second-order valence-corrected chi connectivity index (χ2v) is 3.72. The summed E-state index contributed by atoms with van der Waals surface area (Å²) in [6.45, 7) is -0.887. The molecule has 1 heterocycles. The van der Waals surface area contributed by atoms with Crippen LogP contribution < -0.4 is 10.5 Å². The highest BCUT2D eigenvalue weighted by atomic mass is 19.3. The molecule has 6 heteroatoms. The molecule has 0 bridgehead atoms. The molecule has 1 aromatic heterocycles. The largest absolute Gasteiger partial charge is 0.435 e. The van der Waals surface area contributed by atoms with Crippen molar-refractivity contribution < 1.29 is 13.5 Å². The Bertz CT molecular complexity index is 540. The van der Waals surface area contributed by atoms with Crippen LogP contribution in [0.25, 0.3) is 11.3 Å². The molecule has 0 aliphatic carbocycles. The Morgan fingerprint density at radius 1 is 1.44 bits per heavy atom. The second-order valence-electron chi connectivity index (χ2n) is 3.72. The highest BCUT2D eigenvalue weighted by Crippen LogP contribution is 2.28. The maximum atomic E-state index is 12.1. The number of anilines is 1. The van der Waals surface area contributed by atoms with Crippen LogP contribution in [0.5, 0.6) is 5.75 Å². The number of hydrogen-bond acceptors (Lipinski definition) is 3. The summed E-state index contributed by atoms with van der Waals surface area (Å²) in [6, 6.07) is 6.42. The minimum Gasteiger partial charge on any atom is -0.435 e. The fraction of sp³-hybridized carbons (Fsp3) is 0.250. The van der Waals surface area contributed by atoms with Gasteiger partial charge in [-0.15, -0.1) is 0 Å². The summed E-state index contributed by atoms with van der Waals surface area (Å²) in [5.41, 5.74) is 8.03. The van der Waals surface area contributed by atoms with Crippen LogP contribution >= 0.6 is 0 Å². The summed E-state index contributed by atoms with van der Waals surface area (Å²) < 4.78 is 28.6. The summed E-state index contributed by atoms with van der Waals surface area (Å²) in [7, 11) is 0. The van der Waals surface area contributed by atoms with E-state index in [4.69, 9.17) is 5.73 Å². The van der Waals surface area contributed by atoms with E-state index in [-0.39, 0.29) is 5.75 Å². The fourth-order valence-corrected chi connectivity index (χ4v) is 1.80. The molecule has 2 rings (SSSR count). The van der Waals surface area contributed by atoms with Crippen LogP contribution in [-0.2, 0) is 6.42 Å². The lowest BCUT2D eigenvalue weighted by Gasteiger charge is -2.07. The van der Waals surface area contributed by atoms with Gasteiger partial charge < -0.3 is 10.5 Å². The molecule has 0 atom stereocenters. The lowest BCUT2D eigenvalue weighted by atomic mass is 10.1. The number of halogens is 2. The highest BCUT2D eigenvalue weighted by Gasteiger charge is 2.12. The molecule has 0 radical (unpaired) electrons. The summed E-state index contributed by atoms with van der Waals surface area (Å²) in [4.78, 5) is 0. The van der Waals surface area contributed by atoms with Gasteiger partial charge >= 0.3 is 6.61 Å². The Hall–Kier alpha value is -2.11. The molecule has 0 saturated heterocycles. The summed E-state index contributed by atoms with van der Waals surface area (Å²) in [5, 5.41) is 6.72. The molecule has 0 aliphatic heterocycles. The Morgan fingerprint density at radius 2 is 2.22 bits per heavy atom. The molecule has 0 fully saturated rings. The van der Waals surface area contributed by atoms with Crippen molar-refractivity contribution in [3.8, 4) is 17.0 Å². The molecule has 3 N–H and O–H groups in total. The third-order valence-corrected chi connectivity index (χ3v) is 2.60. The second kappa shape index (κ2) is 5.03. The van der Waals surface area contributed by atoms with Gasteiger partial charge in [0, 0.05) is 11.1 Å². The zero-order valence-electron chi connectivity index (χ0n) is 9.78. The normalized spacial score (nSPS) is 10.9. The number of benzene rings is 1. The van der Waals surface area contributed by atoms with Crippen molar-refractivity contribution in [2.24, 2.45) is 0 Å². The third kappa shape index (κ3) is 2.42. The Morgan fingerprint density at radius 3 is 2.89 bits per heavy atom. The number of nitrogens with two attached hydrogens (primary N) is 1. The van der Waals surface area contributed by atoms with Gasteiger partial charge in [0.1, 0.15) is 11.6 Å². The maximum absolute atomic E-state index is 12.1. The van der Waals surface area contributed by atoms with Crippen LogP contribution in [-0.4, -0.2) is 16.8 Å². The lowest BCUT2D eigenvalue weighted by molar-refractivity contribution is -0.0498. The topological polar surface area (TPSA) is 63.9 Å². The Kier molecular flexibility index (Phi) is 3.45. The van der Waals surface area contributed by atoms with Gasteiger partial charge in [0.25, 0.3) is 0 Å². The van der Waals surface area contributed by atoms with Crippen LogP contribution in [0.2, 0.25) is 0 Å². The maximum Gasteiger partial charge on any atom is 0.387 e. The number of nitrogens with zero attached hydrogens (tertiary/aromatic N) is 1. The molecule has 0 spiro atoms. The SMILES string of the molecule is CCc1c(N)n[nH]c1-c1cccc(OC(F)F)c1. The molecule has 0 amide bonds. The number of H-pyrrole nitrogens is 1. The lowest BCUT2D eigenvalue weighted by Crippen LogP contribution is -2.01. The molecule has 1 aromatic carbocycles. The zero-order valence-corrected chi connectivity index (χ0v) is 9.78. The van der Waals surface area contributed by atoms with Gasteiger partial charge in [0.15, 0.2) is 0 Å². The van der Waals surface area contributed by atoms with Gasteiger partial charge in [-0.2, -0.15) is 13.9 Å². The van der Waals surface area contributed by atoms with Gasteiger partial charge in [0.2, 0.25) is 0 Å². The molecule has 0 unspecified atom stereocenters. The minimum absolute atomic E-state index is 0.109. The number of nitrogens with one attached hydrogen (secondary N) is 1. The van der Waals surface area contributed by atoms with Gasteiger partial charge in [-0.3, -0.25) is 5.10 Å². The first-order valence-corrected chi connectivity index (χ1v) is 5.49. The Balaban J connectivity index is 2.38. The van der Waals surface area contributed by atoms with E-state index in [2.05, 4.69) is 14.9 Å². The van der Waals surface area contributed by atoms with E-state index < -0.39 is 6.61 Å². The van der Waals surface area contributed by atoms with Crippen molar-refractivity contribution in [1.82, 2.24) is 10.2 Å². The van der Waals surface area contributed by atoms with Crippen molar-refractivity contribution in [2.75, 3.05) is 5.73 Å². The van der Waals surface area contributed by atoms with Crippen LogP contribution in [0.4, 0.5) is 14.6 Å².